The van der Waals surface area contributed by atoms with Crippen LogP contribution in [0.4, 0.5) is 0 Å². The maximum Gasteiger partial charge on any atom is 0.328 e. The Morgan fingerprint density at radius 2 is 1.09 bits per heavy atom. The lowest BCUT2D eigenvalue weighted by atomic mass is 9.96. The van der Waals surface area contributed by atoms with Crippen LogP contribution in [0, 0.1) is 11.8 Å². The maximum absolute atomic E-state index is 14.5. The van der Waals surface area contributed by atoms with Crippen LogP contribution in [0.25, 0.3) is 0 Å². The lowest BCUT2D eigenvalue weighted by Gasteiger charge is -2.36. The molecule has 0 heterocycles. The van der Waals surface area contributed by atoms with Gasteiger partial charge in [0.1, 0.15) is 41.4 Å². The molecule has 3 N–H and O–H groups in total. The number of ether oxygens (including phenoxy) is 3. The molecule has 0 saturated heterocycles. The summed E-state index contributed by atoms with van der Waals surface area (Å²) in [5.41, 5.74) is 2.15. The van der Waals surface area contributed by atoms with Crippen molar-refractivity contribution in [2.24, 2.45) is 11.8 Å². The number of phenolic OH excluding ortho intramolecular Hbond substituents is 2. The Balaban J connectivity index is 1.92. The molecule has 3 aromatic rings. The molecule has 3 rings (SSSR count). The predicted octanol–water partition coefficient (Wildman–Crippen LogP) is 3.99. The van der Waals surface area contributed by atoms with Gasteiger partial charge in [0.25, 0.3) is 5.91 Å². The van der Waals surface area contributed by atoms with E-state index >= 15 is 0 Å². The number of hydrogen-bond donors (Lipinski definition) is 3. The van der Waals surface area contributed by atoms with E-state index in [-0.39, 0.29) is 24.3 Å². The number of phenols is 2. The Morgan fingerprint density at radius 3 is 1.52 bits per heavy atom. The number of likely N-dealkylation sites (N-methyl/N-ethyl adjacent to an activating group) is 3. The third-order valence-electron chi connectivity index (χ3n) is 10.5. The van der Waals surface area contributed by atoms with E-state index in [9.17, 15) is 34.2 Å². The number of esters is 2. The molecule has 0 radical (unpaired) electrons. The van der Waals surface area contributed by atoms with Crippen molar-refractivity contribution in [2.45, 2.75) is 83.6 Å². The minimum Gasteiger partial charge on any atom is -0.508 e. The maximum atomic E-state index is 14.5. The van der Waals surface area contributed by atoms with Crippen LogP contribution in [-0.2, 0) is 52.7 Å². The van der Waals surface area contributed by atoms with Gasteiger partial charge in [-0.2, -0.15) is 0 Å². The normalized spacial score (nSPS) is 14.3. The molecule has 0 aliphatic heterocycles. The number of nitrogens with zero attached hydrogens (tertiary/aromatic N) is 3. The second-order valence-electron chi connectivity index (χ2n) is 15.2. The first-order valence-corrected chi connectivity index (χ1v) is 19.4. The zero-order valence-electron chi connectivity index (χ0n) is 35.3. The summed E-state index contributed by atoms with van der Waals surface area (Å²) >= 11 is 0. The van der Waals surface area contributed by atoms with Gasteiger partial charge >= 0.3 is 11.9 Å². The van der Waals surface area contributed by atoms with Gasteiger partial charge in [-0.15, -0.1) is 0 Å². The molecule has 14 heteroatoms. The van der Waals surface area contributed by atoms with E-state index in [1.165, 1.54) is 55.3 Å². The third-order valence-corrected chi connectivity index (χ3v) is 10.5. The smallest absolute Gasteiger partial charge is 0.328 e. The summed E-state index contributed by atoms with van der Waals surface area (Å²) in [5, 5.41) is 22.6. The van der Waals surface area contributed by atoms with Crippen molar-refractivity contribution in [1.82, 2.24) is 20.0 Å². The molecule has 0 aromatic heterocycles. The largest absolute Gasteiger partial charge is 0.508 e. The van der Waals surface area contributed by atoms with Crippen LogP contribution in [-0.4, -0.2) is 127 Å². The number of methoxy groups -OCH3 is 2. The first kappa shape index (κ1) is 46.8. The van der Waals surface area contributed by atoms with Crippen LogP contribution >= 0.6 is 0 Å². The minimum atomic E-state index is -1.23. The van der Waals surface area contributed by atoms with Crippen molar-refractivity contribution < 1.29 is 48.4 Å². The molecule has 0 spiro atoms. The highest BCUT2D eigenvalue weighted by Crippen LogP contribution is 2.22. The fourth-order valence-corrected chi connectivity index (χ4v) is 6.43. The zero-order chi connectivity index (χ0) is 43.3. The quantitative estimate of drug-likeness (QED) is 0.141. The number of hydrogen-bond acceptors (Lipinski definition) is 11. The fraction of sp³-hybridized carbons (Fsp3) is 0.477. The molecule has 0 aliphatic carbocycles. The SMILES string of the molecule is CC[C@@H](C)[C@H](OC(=O)[C@@H](Cc1ccc(OC)cc1)N(C)C)C(=O)N[C@@H](C(=O)N(C)C(Cc1ccc(O)cc1)C(=O)N(C)[C@@H](Cc1ccc(O)cc1)C(=O)OC)C(C)C. The van der Waals surface area contributed by atoms with Gasteiger partial charge in [-0.1, -0.05) is 64.1 Å². The molecule has 1 unspecified atom stereocenters. The van der Waals surface area contributed by atoms with Crippen LogP contribution in [0.1, 0.15) is 50.8 Å². The summed E-state index contributed by atoms with van der Waals surface area (Å²) < 4.78 is 16.3. The van der Waals surface area contributed by atoms with Gasteiger partial charge in [-0.05, 0) is 85.9 Å². The molecule has 0 saturated carbocycles. The summed E-state index contributed by atoms with van der Waals surface area (Å²) in [6.45, 7) is 7.18. The topological polar surface area (TPSA) is 175 Å². The number of nitrogens with one attached hydrogen (secondary N) is 1. The van der Waals surface area contributed by atoms with Gasteiger partial charge < -0.3 is 39.5 Å². The highest BCUT2D eigenvalue weighted by Gasteiger charge is 2.40. The molecule has 0 fully saturated rings. The van der Waals surface area contributed by atoms with Crippen molar-refractivity contribution in [3.05, 3.63) is 89.5 Å². The Bertz CT molecular complexity index is 1820. The van der Waals surface area contributed by atoms with E-state index in [2.05, 4.69) is 5.32 Å². The van der Waals surface area contributed by atoms with E-state index in [1.807, 2.05) is 19.1 Å². The molecule has 58 heavy (non-hydrogen) atoms. The molecular weight excluding hydrogens is 745 g/mol. The van der Waals surface area contributed by atoms with Crippen molar-refractivity contribution in [1.29, 1.82) is 0 Å². The summed E-state index contributed by atoms with van der Waals surface area (Å²) in [5.74, 6) is -3.22. The van der Waals surface area contributed by atoms with Crippen molar-refractivity contribution in [2.75, 3.05) is 42.4 Å². The molecule has 3 amide bonds. The Morgan fingerprint density at radius 1 is 0.638 bits per heavy atom. The number of amides is 3. The standard InChI is InChI=1S/C44H60N4O10/c1-11-28(4)39(58-44(55)36(46(5)6)25-31-16-22-34(56-9)23-17-31)40(51)45-38(27(2)3)42(53)47(7)35(24-29-12-18-32(49)19-13-29)41(52)48(8)37(43(54)57-10)26-30-14-20-33(50)21-15-30/h12-23,27-28,35-39,49-50H,11,24-26H2,1-10H3,(H,45,51)/t28-,35?,36-,37+,38-,39+/m1/s1. The Hall–Kier alpha value is -5.63. The second kappa shape index (κ2) is 21.8. The molecule has 6 atom stereocenters. The van der Waals surface area contributed by atoms with E-state index in [1.54, 1.807) is 83.3 Å². The average Bonchev–Trinajstić information content (AvgIpc) is 3.21. The molecule has 3 aromatic carbocycles. The molecule has 0 bridgehead atoms. The van der Waals surface area contributed by atoms with Crippen LogP contribution in [0.2, 0.25) is 0 Å². The molecule has 0 aliphatic rings. The van der Waals surface area contributed by atoms with Crippen molar-refractivity contribution in [3.63, 3.8) is 0 Å². The van der Waals surface area contributed by atoms with E-state index in [4.69, 9.17) is 14.2 Å². The average molecular weight is 805 g/mol. The number of carbonyl (C=O) groups is 5. The first-order chi connectivity index (χ1) is 27.4. The lowest BCUT2D eigenvalue weighted by molar-refractivity contribution is -0.164. The zero-order valence-corrected chi connectivity index (χ0v) is 35.3. The minimum absolute atomic E-state index is 0.00475. The van der Waals surface area contributed by atoms with Gasteiger partial charge in [0.15, 0.2) is 6.10 Å². The summed E-state index contributed by atoms with van der Waals surface area (Å²) in [4.78, 5) is 74.2. The van der Waals surface area contributed by atoms with Gasteiger partial charge in [0, 0.05) is 32.9 Å². The summed E-state index contributed by atoms with van der Waals surface area (Å²) in [7, 11) is 9.21. The molecule has 316 valence electrons. The van der Waals surface area contributed by atoms with Crippen LogP contribution < -0.4 is 10.1 Å². The van der Waals surface area contributed by atoms with E-state index in [0.717, 1.165) is 5.56 Å². The van der Waals surface area contributed by atoms with Crippen molar-refractivity contribution in [3.8, 4) is 17.2 Å². The number of aromatic hydroxyl groups is 2. The van der Waals surface area contributed by atoms with Gasteiger partial charge in [-0.3, -0.25) is 24.1 Å². The van der Waals surface area contributed by atoms with Gasteiger partial charge in [0.2, 0.25) is 11.8 Å². The summed E-state index contributed by atoms with van der Waals surface area (Å²) in [6, 6.07) is 15.6. The fourth-order valence-electron chi connectivity index (χ4n) is 6.43. The van der Waals surface area contributed by atoms with Crippen LogP contribution in [0.5, 0.6) is 17.2 Å². The monoisotopic (exact) mass is 804 g/mol. The van der Waals surface area contributed by atoms with Crippen LogP contribution in [0.15, 0.2) is 72.8 Å². The van der Waals surface area contributed by atoms with Crippen molar-refractivity contribution >= 4 is 29.7 Å². The highest BCUT2D eigenvalue weighted by molar-refractivity contribution is 5.95. The second-order valence-corrected chi connectivity index (χ2v) is 15.2. The third kappa shape index (κ3) is 12.7. The van der Waals surface area contributed by atoms with E-state index in [0.29, 0.717) is 29.7 Å². The summed E-state index contributed by atoms with van der Waals surface area (Å²) in [6.07, 6.45) is -0.341. The Labute approximate surface area is 342 Å². The van der Waals surface area contributed by atoms with E-state index < -0.39 is 71.8 Å². The number of benzene rings is 3. The Kier molecular flexibility index (Phi) is 17.5. The highest BCUT2D eigenvalue weighted by atomic mass is 16.6. The van der Waals surface area contributed by atoms with Gasteiger partial charge in [-0.25, -0.2) is 4.79 Å². The number of rotatable bonds is 20. The molecular formula is C44H60N4O10. The first-order valence-electron chi connectivity index (χ1n) is 19.4. The van der Waals surface area contributed by atoms with Crippen LogP contribution in [0.3, 0.4) is 0 Å². The number of carbonyl (C=O) groups excluding carboxylic acids is 5. The predicted molar refractivity (Wildman–Crippen MR) is 219 cm³/mol. The molecule has 14 nitrogen and oxygen atoms in total. The van der Waals surface area contributed by atoms with Gasteiger partial charge in [0.05, 0.1) is 14.2 Å². The lowest BCUT2D eigenvalue weighted by Crippen LogP contribution is -2.59.